The van der Waals surface area contributed by atoms with E-state index in [9.17, 15) is 0 Å². The van der Waals surface area contributed by atoms with Crippen molar-refractivity contribution in [2.45, 2.75) is 32.0 Å². The number of aryl methyl sites for hydroxylation is 1. The minimum Gasteiger partial charge on any atom is -0.329 e. The van der Waals surface area contributed by atoms with Crippen LogP contribution in [0, 0.1) is 5.41 Å². The molecule has 0 amide bonds. The molecule has 1 heterocycles. The lowest BCUT2D eigenvalue weighted by atomic mass is 9.89. The van der Waals surface area contributed by atoms with Crippen molar-refractivity contribution in [2.24, 2.45) is 18.2 Å². The summed E-state index contributed by atoms with van der Waals surface area (Å²) in [4.78, 5) is 4.24. The van der Waals surface area contributed by atoms with E-state index in [0.717, 1.165) is 10.9 Å². The van der Waals surface area contributed by atoms with E-state index in [4.69, 9.17) is 5.73 Å². The fraction of sp³-hybridized carbons (Fsp3) is 0.700. The molecule has 0 aliphatic carbocycles. The average Bonchev–Trinajstić information content (AvgIpc) is 2.45. The minimum absolute atomic E-state index is 0.165. The van der Waals surface area contributed by atoms with Crippen LogP contribution in [0.5, 0.6) is 0 Å². The van der Waals surface area contributed by atoms with E-state index in [1.165, 1.54) is 0 Å². The standard InChI is InChI=1S/C10H19N3S/c1-10(2,3)8(11)7-14-9-12-5-6-13(9)4/h5-6,8H,7,11H2,1-4H3. The molecule has 0 aliphatic rings. The Morgan fingerprint density at radius 1 is 1.57 bits per heavy atom. The molecule has 2 N–H and O–H groups in total. The lowest BCUT2D eigenvalue weighted by Gasteiger charge is -2.26. The Labute approximate surface area is 90.1 Å². The van der Waals surface area contributed by atoms with Gasteiger partial charge in [0.25, 0.3) is 0 Å². The van der Waals surface area contributed by atoms with Gasteiger partial charge in [-0.3, -0.25) is 0 Å². The molecule has 0 aliphatic heterocycles. The first-order chi connectivity index (χ1) is 6.41. The second-order valence-corrected chi connectivity index (χ2v) is 5.59. The highest BCUT2D eigenvalue weighted by atomic mass is 32.2. The summed E-state index contributed by atoms with van der Waals surface area (Å²) in [7, 11) is 2.00. The van der Waals surface area contributed by atoms with Gasteiger partial charge in [-0.15, -0.1) is 0 Å². The van der Waals surface area contributed by atoms with Crippen molar-refractivity contribution in [3.8, 4) is 0 Å². The number of hydrogen-bond acceptors (Lipinski definition) is 3. The normalized spacial score (nSPS) is 14.4. The number of nitrogens with zero attached hydrogens (tertiary/aromatic N) is 2. The van der Waals surface area contributed by atoms with Crippen molar-refractivity contribution in [2.75, 3.05) is 5.75 Å². The third kappa shape index (κ3) is 3.03. The van der Waals surface area contributed by atoms with Crippen LogP contribution in [-0.2, 0) is 7.05 Å². The number of imidazole rings is 1. The number of aromatic nitrogens is 2. The summed E-state index contributed by atoms with van der Waals surface area (Å²) >= 11 is 1.72. The highest BCUT2D eigenvalue weighted by molar-refractivity contribution is 7.99. The zero-order valence-electron chi connectivity index (χ0n) is 9.32. The first-order valence-corrected chi connectivity index (χ1v) is 5.75. The first kappa shape index (κ1) is 11.6. The summed E-state index contributed by atoms with van der Waals surface area (Å²) in [6, 6.07) is 0.198. The molecule has 14 heavy (non-hydrogen) atoms. The Bertz CT molecular complexity index is 288. The molecule has 1 rings (SSSR count). The maximum atomic E-state index is 6.06. The van der Waals surface area contributed by atoms with Crippen LogP contribution in [0.25, 0.3) is 0 Å². The summed E-state index contributed by atoms with van der Waals surface area (Å²) in [6.45, 7) is 6.49. The smallest absolute Gasteiger partial charge is 0.167 e. The van der Waals surface area contributed by atoms with Gasteiger partial charge >= 0.3 is 0 Å². The van der Waals surface area contributed by atoms with Gasteiger partial charge in [0.2, 0.25) is 0 Å². The monoisotopic (exact) mass is 213 g/mol. The van der Waals surface area contributed by atoms with Crippen molar-refractivity contribution in [3.05, 3.63) is 12.4 Å². The first-order valence-electron chi connectivity index (χ1n) is 4.77. The molecule has 0 fully saturated rings. The van der Waals surface area contributed by atoms with Crippen LogP contribution in [-0.4, -0.2) is 21.3 Å². The van der Waals surface area contributed by atoms with Gasteiger partial charge in [-0.2, -0.15) is 0 Å². The van der Waals surface area contributed by atoms with Gasteiger partial charge in [-0.25, -0.2) is 4.98 Å². The number of rotatable bonds is 3. The maximum Gasteiger partial charge on any atom is 0.167 e. The number of thioether (sulfide) groups is 1. The van der Waals surface area contributed by atoms with Crippen molar-refractivity contribution in [1.29, 1.82) is 0 Å². The van der Waals surface area contributed by atoms with Crippen molar-refractivity contribution < 1.29 is 0 Å². The van der Waals surface area contributed by atoms with Crippen LogP contribution in [0.1, 0.15) is 20.8 Å². The van der Waals surface area contributed by atoms with Crippen molar-refractivity contribution >= 4 is 11.8 Å². The Morgan fingerprint density at radius 3 is 2.64 bits per heavy atom. The highest BCUT2D eigenvalue weighted by Gasteiger charge is 2.20. The lowest BCUT2D eigenvalue weighted by Crippen LogP contribution is -2.37. The topological polar surface area (TPSA) is 43.8 Å². The molecule has 80 valence electrons. The molecular weight excluding hydrogens is 194 g/mol. The van der Waals surface area contributed by atoms with Crippen LogP contribution >= 0.6 is 11.8 Å². The molecular formula is C10H19N3S. The number of nitrogens with two attached hydrogens (primary N) is 1. The third-order valence-corrected chi connectivity index (χ3v) is 3.46. The molecule has 0 radical (unpaired) electrons. The van der Waals surface area contributed by atoms with E-state index in [1.807, 2.05) is 24.0 Å². The molecule has 1 atom stereocenters. The van der Waals surface area contributed by atoms with Crippen molar-refractivity contribution in [3.63, 3.8) is 0 Å². The van der Waals surface area contributed by atoms with Crippen molar-refractivity contribution in [1.82, 2.24) is 9.55 Å². The van der Waals surface area contributed by atoms with Crippen LogP contribution in [0.4, 0.5) is 0 Å². The summed E-state index contributed by atoms with van der Waals surface area (Å²) in [5.41, 5.74) is 6.22. The van der Waals surface area contributed by atoms with Gasteiger partial charge in [0, 0.05) is 31.2 Å². The molecule has 1 aromatic heterocycles. The van der Waals surface area contributed by atoms with Gasteiger partial charge in [0.05, 0.1) is 0 Å². The van der Waals surface area contributed by atoms with E-state index in [0.29, 0.717) is 0 Å². The SMILES string of the molecule is Cn1ccnc1SCC(N)C(C)(C)C. The van der Waals surface area contributed by atoms with E-state index in [1.54, 1.807) is 11.8 Å². The molecule has 0 aromatic carbocycles. The Morgan fingerprint density at radius 2 is 2.21 bits per heavy atom. The number of hydrogen-bond donors (Lipinski definition) is 1. The van der Waals surface area contributed by atoms with E-state index < -0.39 is 0 Å². The summed E-state index contributed by atoms with van der Waals surface area (Å²) < 4.78 is 2.01. The second kappa shape index (κ2) is 4.36. The van der Waals surface area contributed by atoms with E-state index >= 15 is 0 Å². The Hall–Kier alpha value is -0.480. The van der Waals surface area contributed by atoms with Gasteiger partial charge in [-0.05, 0) is 5.41 Å². The van der Waals surface area contributed by atoms with Gasteiger partial charge in [0.1, 0.15) is 0 Å². The quantitative estimate of drug-likeness (QED) is 0.780. The van der Waals surface area contributed by atoms with Crippen LogP contribution in [0.2, 0.25) is 0 Å². The molecule has 1 unspecified atom stereocenters. The maximum absolute atomic E-state index is 6.06. The van der Waals surface area contributed by atoms with Gasteiger partial charge in [-0.1, -0.05) is 32.5 Å². The highest BCUT2D eigenvalue weighted by Crippen LogP contribution is 2.23. The fourth-order valence-corrected chi connectivity index (χ4v) is 2.13. The lowest BCUT2D eigenvalue weighted by molar-refractivity contribution is 0.344. The molecule has 0 bridgehead atoms. The van der Waals surface area contributed by atoms with Crippen LogP contribution in [0.15, 0.2) is 17.6 Å². The molecule has 0 spiro atoms. The molecule has 0 saturated carbocycles. The van der Waals surface area contributed by atoms with Gasteiger partial charge in [0.15, 0.2) is 5.16 Å². The van der Waals surface area contributed by atoms with E-state index in [2.05, 4.69) is 25.8 Å². The fourth-order valence-electron chi connectivity index (χ4n) is 0.905. The zero-order valence-corrected chi connectivity index (χ0v) is 10.1. The largest absolute Gasteiger partial charge is 0.329 e. The van der Waals surface area contributed by atoms with Crippen LogP contribution in [0.3, 0.4) is 0 Å². The second-order valence-electron chi connectivity index (χ2n) is 4.60. The van der Waals surface area contributed by atoms with Crippen LogP contribution < -0.4 is 5.73 Å². The predicted octanol–water partition coefficient (Wildman–Crippen LogP) is 1.89. The minimum atomic E-state index is 0.165. The third-order valence-electron chi connectivity index (χ3n) is 2.28. The molecule has 4 heteroatoms. The molecule has 1 aromatic rings. The molecule has 3 nitrogen and oxygen atoms in total. The average molecular weight is 213 g/mol. The Balaban J connectivity index is 2.46. The van der Waals surface area contributed by atoms with E-state index in [-0.39, 0.29) is 11.5 Å². The summed E-state index contributed by atoms with van der Waals surface area (Å²) in [6.07, 6.45) is 3.76. The summed E-state index contributed by atoms with van der Waals surface area (Å²) in [5.74, 6) is 0.911. The summed E-state index contributed by atoms with van der Waals surface area (Å²) in [5, 5.41) is 1.03. The predicted molar refractivity (Wildman–Crippen MR) is 61.4 cm³/mol. The van der Waals surface area contributed by atoms with Gasteiger partial charge < -0.3 is 10.3 Å². The zero-order chi connectivity index (χ0) is 10.8. The molecule has 0 saturated heterocycles. The Kier molecular flexibility index (Phi) is 3.61.